The zero-order valence-electron chi connectivity index (χ0n) is 14.5. The minimum atomic E-state index is -0.806. The third-order valence-electron chi connectivity index (χ3n) is 6.47. The minimum Gasteiger partial charge on any atom is -0.394 e. The summed E-state index contributed by atoms with van der Waals surface area (Å²) in [7, 11) is 0. The van der Waals surface area contributed by atoms with Crippen LogP contribution in [0.2, 0.25) is 0 Å². The lowest BCUT2D eigenvalue weighted by molar-refractivity contribution is -0.575. The fraction of sp³-hybridized carbons (Fsp3) is 1.00. The molecule has 138 valence electrons. The zero-order chi connectivity index (χ0) is 17.2. The van der Waals surface area contributed by atoms with Gasteiger partial charge >= 0.3 is 0 Å². The van der Waals surface area contributed by atoms with E-state index in [1.807, 2.05) is 13.8 Å². The molecule has 0 aromatic rings. The normalized spacial score (nSPS) is 56.6. The lowest BCUT2D eigenvalue weighted by atomic mass is 9.58. The lowest BCUT2D eigenvalue weighted by Crippen LogP contribution is -2.74. The minimum absolute atomic E-state index is 0.0158. The predicted octanol–water partition coefficient (Wildman–Crippen LogP) is 2.56. The van der Waals surface area contributed by atoms with Crippen molar-refractivity contribution < 1.29 is 29.1 Å². The van der Waals surface area contributed by atoms with Gasteiger partial charge in [0.05, 0.1) is 18.1 Å². The van der Waals surface area contributed by atoms with Gasteiger partial charge in [-0.3, -0.25) is 0 Å². The fourth-order valence-electron chi connectivity index (χ4n) is 5.21. The number of hydrogen-bond donors (Lipinski definition) is 1. The largest absolute Gasteiger partial charge is 0.394 e. The second-order valence-corrected chi connectivity index (χ2v) is 8.88. The fourth-order valence-corrected chi connectivity index (χ4v) is 5.61. The molecule has 0 radical (unpaired) electrons. The van der Waals surface area contributed by atoms with Crippen molar-refractivity contribution in [1.82, 2.24) is 0 Å². The predicted molar refractivity (Wildman–Crippen MR) is 85.0 cm³/mol. The Hall–Kier alpha value is 0.0500. The first kappa shape index (κ1) is 17.5. The average molecular weight is 363 g/mol. The van der Waals surface area contributed by atoms with Crippen molar-refractivity contribution in [3.05, 3.63) is 0 Å². The molecule has 1 aliphatic carbocycles. The van der Waals surface area contributed by atoms with Gasteiger partial charge in [-0.05, 0) is 44.9 Å². The van der Waals surface area contributed by atoms with Crippen LogP contribution >= 0.6 is 11.6 Å². The first-order valence-electron chi connectivity index (χ1n) is 8.95. The van der Waals surface area contributed by atoms with Gasteiger partial charge in [0, 0.05) is 12.3 Å². The summed E-state index contributed by atoms with van der Waals surface area (Å²) in [5.41, 5.74) is -0.705. The van der Waals surface area contributed by atoms with E-state index in [1.165, 1.54) is 0 Å². The molecule has 1 spiro atoms. The van der Waals surface area contributed by atoms with Crippen LogP contribution in [0.25, 0.3) is 0 Å². The summed E-state index contributed by atoms with van der Waals surface area (Å²) in [5, 5.41) is 9.10. The van der Waals surface area contributed by atoms with E-state index in [0.29, 0.717) is 5.92 Å². The van der Waals surface area contributed by atoms with Crippen molar-refractivity contribution in [2.75, 3.05) is 13.2 Å². The summed E-state index contributed by atoms with van der Waals surface area (Å²) in [4.78, 5) is 11.0. The number of hydrogen-bond acceptors (Lipinski definition) is 6. The van der Waals surface area contributed by atoms with Crippen molar-refractivity contribution in [1.29, 1.82) is 0 Å². The van der Waals surface area contributed by atoms with Gasteiger partial charge in [0.15, 0.2) is 18.2 Å². The monoisotopic (exact) mass is 362 g/mol. The molecule has 8 atom stereocenters. The summed E-state index contributed by atoms with van der Waals surface area (Å²) in [6.45, 7) is 6.18. The van der Waals surface area contributed by atoms with Crippen LogP contribution in [0.5, 0.6) is 0 Å². The highest BCUT2D eigenvalue weighted by Crippen LogP contribution is 2.62. The van der Waals surface area contributed by atoms with Crippen molar-refractivity contribution >= 4 is 11.6 Å². The van der Waals surface area contributed by atoms with Crippen LogP contribution in [0.4, 0.5) is 0 Å². The van der Waals surface area contributed by atoms with Crippen molar-refractivity contribution in [3.63, 3.8) is 0 Å². The Labute approximate surface area is 147 Å². The summed E-state index contributed by atoms with van der Waals surface area (Å²) in [6, 6.07) is 0. The van der Waals surface area contributed by atoms with Crippen molar-refractivity contribution in [3.8, 4) is 0 Å². The molecule has 4 saturated heterocycles. The Kier molecular flexibility index (Phi) is 4.20. The molecule has 5 fully saturated rings. The summed E-state index contributed by atoms with van der Waals surface area (Å²) >= 11 is 6.96. The van der Waals surface area contributed by atoms with Gasteiger partial charge in [-0.25, -0.2) is 9.78 Å². The highest BCUT2D eigenvalue weighted by atomic mass is 35.5. The van der Waals surface area contributed by atoms with Crippen molar-refractivity contribution in [2.24, 2.45) is 17.8 Å². The van der Waals surface area contributed by atoms with Gasteiger partial charge in [0.1, 0.15) is 0 Å². The average Bonchev–Trinajstić information content (AvgIpc) is 2.75. The van der Waals surface area contributed by atoms with E-state index in [4.69, 9.17) is 40.7 Å². The third kappa shape index (κ3) is 2.31. The third-order valence-corrected chi connectivity index (χ3v) is 6.91. The topological polar surface area (TPSA) is 66.4 Å². The molecule has 1 saturated carbocycles. The SMILES string of the molecule is C[C@@H]1CC[C@H]2C(C)(Cl)C(OCCO)O[C@@H]3O[C@@]4(C)CC[C@@H]1[C@]32OO4. The van der Waals surface area contributed by atoms with E-state index < -0.39 is 28.8 Å². The molecule has 0 amide bonds. The molecule has 0 aromatic heterocycles. The molecule has 24 heavy (non-hydrogen) atoms. The number of halogens is 1. The Morgan fingerprint density at radius 2 is 2.00 bits per heavy atom. The highest BCUT2D eigenvalue weighted by molar-refractivity contribution is 6.24. The molecule has 5 aliphatic rings. The van der Waals surface area contributed by atoms with Crippen LogP contribution in [-0.4, -0.2) is 47.2 Å². The maximum Gasteiger partial charge on any atom is 0.201 e. The van der Waals surface area contributed by atoms with Crippen LogP contribution in [0.15, 0.2) is 0 Å². The van der Waals surface area contributed by atoms with E-state index in [0.717, 1.165) is 25.7 Å². The van der Waals surface area contributed by atoms with E-state index in [-0.39, 0.29) is 25.0 Å². The molecule has 2 unspecified atom stereocenters. The first-order chi connectivity index (χ1) is 11.3. The molecular formula is C17H27ClO6. The summed E-state index contributed by atoms with van der Waals surface area (Å²) < 4.78 is 18.1. The van der Waals surface area contributed by atoms with Gasteiger partial charge in [-0.1, -0.05) is 6.92 Å². The summed E-state index contributed by atoms with van der Waals surface area (Å²) in [6.07, 6.45) is 2.47. The maximum absolute atomic E-state index is 9.10. The molecule has 1 N–H and O–H groups in total. The van der Waals surface area contributed by atoms with Crippen LogP contribution in [0.3, 0.4) is 0 Å². The Morgan fingerprint density at radius 3 is 2.75 bits per heavy atom. The van der Waals surface area contributed by atoms with Gasteiger partial charge in [0.25, 0.3) is 0 Å². The molecule has 7 heteroatoms. The van der Waals surface area contributed by atoms with Gasteiger partial charge in [-0.2, -0.15) is 0 Å². The Balaban J connectivity index is 1.75. The lowest BCUT2D eigenvalue weighted by Gasteiger charge is -2.62. The van der Waals surface area contributed by atoms with E-state index >= 15 is 0 Å². The quantitative estimate of drug-likeness (QED) is 0.615. The van der Waals surface area contributed by atoms with Gasteiger partial charge < -0.3 is 19.3 Å². The molecule has 2 bridgehead atoms. The molecular weight excluding hydrogens is 336 g/mol. The number of rotatable bonds is 3. The van der Waals surface area contributed by atoms with Gasteiger partial charge in [-0.15, -0.1) is 11.6 Å². The molecule has 4 heterocycles. The van der Waals surface area contributed by atoms with Crippen LogP contribution < -0.4 is 0 Å². The second-order valence-electron chi connectivity index (χ2n) is 8.07. The highest BCUT2D eigenvalue weighted by Gasteiger charge is 2.72. The molecule has 5 rings (SSSR count). The Bertz CT molecular complexity index is 501. The number of alkyl halides is 1. The van der Waals surface area contributed by atoms with Crippen LogP contribution in [-0.2, 0) is 24.0 Å². The number of ether oxygens (including phenoxy) is 3. The molecule has 6 nitrogen and oxygen atoms in total. The van der Waals surface area contributed by atoms with E-state index in [9.17, 15) is 0 Å². The zero-order valence-corrected chi connectivity index (χ0v) is 15.3. The molecule has 4 aliphatic heterocycles. The van der Waals surface area contributed by atoms with Gasteiger partial charge in [0.2, 0.25) is 5.79 Å². The number of aliphatic hydroxyl groups is 1. The summed E-state index contributed by atoms with van der Waals surface area (Å²) in [5.74, 6) is -0.0678. The van der Waals surface area contributed by atoms with E-state index in [1.54, 1.807) is 0 Å². The van der Waals surface area contributed by atoms with Crippen molar-refractivity contribution in [2.45, 2.75) is 75.3 Å². The number of aliphatic hydroxyl groups excluding tert-OH is 1. The Morgan fingerprint density at radius 1 is 1.21 bits per heavy atom. The van der Waals surface area contributed by atoms with Crippen LogP contribution in [0, 0.1) is 17.8 Å². The second kappa shape index (κ2) is 5.78. The molecule has 0 aromatic carbocycles. The number of fused-ring (bicyclic) bond motifs is 2. The maximum atomic E-state index is 9.10. The van der Waals surface area contributed by atoms with Crippen LogP contribution in [0.1, 0.15) is 46.5 Å². The standard InChI is InChI=1S/C17H27ClO6/c1-10-4-5-12-16(3,18)13(20-9-8-19)21-14-17(12)11(10)6-7-15(2,22-14)23-24-17/h10-14,19H,4-9H2,1-3H3/t10-,11+,12+,13?,14-,15-,16?,17-/m1/s1. The smallest absolute Gasteiger partial charge is 0.201 e. The first-order valence-corrected chi connectivity index (χ1v) is 9.33. The van der Waals surface area contributed by atoms with E-state index in [2.05, 4.69) is 6.92 Å².